The normalized spacial score (nSPS) is 15.5. The summed E-state index contributed by atoms with van der Waals surface area (Å²) in [6.07, 6.45) is 8.99. The van der Waals surface area contributed by atoms with E-state index in [9.17, 15) is 4.79 Å². The van der Waals surface area contributed by atoms with Crippen LogP contribution in [0, 0.1) is 12.8 Å². The molecule has 4 rings (SSSR count). The average Bonchev–Trinajstić information content (AvgIpc) is 3.32. The Morgan fingerprint density at radius 2 is 1.94 bits per heavy atom. The second kappa shape index (κ2) is 10.7. The molecule has 0 bridgehead atoms. The minimum absolute atomic E-state index is 0.258. The molecule has 1 amide bonds. The highest BCUT2D eigenvalue weighted by atomic mass is 32.2. The van der Waals surface area contributed by atoms with E-state index in [-0.39, 0.29) is 6.09 Å². The number of ether oxygens (including phenoxy) is 1. The largest absolute Gasteiger partial charge is 0.415 e. The van der Waals surface area contributed by atoms with Gasteiger partial charge in [-0.15, -0.1) is 0 Å². The van der Waals surface area contributed by atoms with Gasteiger partial charge in [0.2, 0.25) is 0 Å². The zero-order valence-electron chi connectivity index (χ0n) is 18.7. The molecule has 7 heteroatoms. The number of H-pyrrole nitrogens is 1. The predicted octanol–water partition coefficient (Wildman–Crippen LogP) is 5.29. The van der Waals surface area contributed by atoms with Gasteiger partial charge >= 0.3 is 6.09 Å². The Hall–Kier alpha value is -2.80. The number of aryl methyl sites for hydroxylation is 3. The lowest BCUT2D eigenvalue weighted by Crippen LogP contribution is -2.41. The highest BCUT2D eigenvalue weighted by Crippen LogP contribution is 2.31. The molecular formula is C25H30N4O2S. The quantitative estimate of drug-likeness (QED) is 0.495. The number of pyridine rings is 1. The number of nitrogens with one attached hydrogen (secondary N) is 1. The zero-order valence-corrected chi connectivity index (χ0v) is 19.5. The molecule has 3 aromatic rings. The van der Waals surface area contributed by atoms with Gasteiger partial charge in [-0.3, -0.25) is 4.98 Å². The lowest BCUT2D eigenvalue weighted by atomic mass is 9.94. The number of imidazole rings is 1. The number of carbonyl (C=O) groups excluding carboxylic acids is 1. The summed E-state index contributed by atoms with van der Waals surface area (Å²) in [6, 6.07) is 11.9. The van der Waals surface area contributed by atoms with Crippen molar-refractivity contribution in [3.05, 3.63) is 71.8 Å². The van der Waals surface area contributed by atoms with E-state index in [1.54, 1.807) is 18.0 Å². The van der Waals surface area contributed by atoms with Crippen molar-refractivity contribution in [2.75, 3.05) is 13.1 Å². The smallest absolute Gasteiger partial charge is 0.410 e. The average molecular weight is 451 g/mol. The summed E-state index contributed by atoms with van der Waals surface area (Å²) in [6.45, 7) is 5.78. The molecule has 1 N–H and O–H groups in total. The molecule has 2 aromatic heterocycles. The minimum atomic E-state index is -0.258. The molecule has 1 fully saturated rings. The van der Waals surface area contributed by atoms with Gasteiger partial charge in [-0.1, -0.05) is 30.8 Å². The van der Waals surface area contributed by atoms with Gasteiger partial charge in [0.05, 0.1) is 0 Å². The lowest BCUT2D eigenvalue weighted by Gasteiger charge is -2.33. The number of likely N-dealkylation sites (tertiary alicyclic amines) is 1. The summed E-state index contributed by atoms with van der Waals surface area (Å²) in [4.78, 5) is 26.3. The zero-order chi connectivity index (χ0) is 22.3. The first-order valence-electron chi connectivity index (χ1n) is 11.2. The van der Waals surface area contributed by atoms with Crippen LogP contribution in [0.3, 0.4) is 0 Å². The molecule has 3 heterocycles. The van der Waals surface area contributed by atoms with Crippen LogP contribution in [0.15, 0.2) is 60.1 Å². The molecule has 1 atom stereocenters. The number of aromatic amines is 1. The first-order valence-corrected chi connectivity index (χ1v) is 12.1. The third kappa shape index (κ3) is 6.13. The van der Waals surface area contributed by atoms with Crippen LogP contribution in [-0.2, 0) is 12.8 Å². The van der Waals surface area contributed by atoms with E-state index in [1.165, 1.54) is 11.1 Å². The molecule has 0 saturated carbocycles. The number of hydrogen-bond donors (Lipinski definition) is 1. The summed E-state index contributed by atoms with van der Waals surface area (Å²) in [5.74, 6) is 1.16. The molecule has 0 aliphatic carbocycles. The number of hydrogen-bond acceptors (Lipinski definition) is 5. The first kappa shape index (κ1) is 22.4. The maximum Gasteiger partial charge on any atom is 0.415 e. The van der Waals surface area contributed by atoms with Crippen LogP contribution in [0.2, 0.25) is 0 Å². The minimum Gasteiger partial charge on any atom is -0.410 e. The molecule has 32 heavy (non-hydrogen) atoms. The molecule has 1 aliphatic rings. The van der Waals surface area contributed by atoms with Crippen molar-refractivity contribution in [1.82, 2.24) is 19.9 Å². The number of thioether (sulfide) groups is 1. The highest BCUT2D eigenvalue weighted by Gasteiger charge is 2.28. The van der Waals surface area contributed by atoms with Gasteiger partial charge in [0.15, 0.2) is 5.16 Å². The molecule has 168 valence electrons. The van der Waals surface area contributed by atoms with Crippen molar-refractivity contribution in [1.29, 1.82) is 0 Å². The van der Waals surface area contributed by atoms with Crippen LogP contribution in [0.25, 0.3) is 0 Å². The Morgan fingerprint density at radius 1 is 1.16 bits per heavy atom. The lowest BCUT2D eigenvalue weighted by molar-refractivity contribution is 0.131. The number of aromatic nitrogens is 3. The van der Waals surface area contributed by atoms with Gasteiger partial charge in [-0.2, -0.15) is 0 Å². The van der Waals surface area contributed by atoms with E-state index in [4.69, 9.17) is 4.74 Å². The van der Waals surface area contributed by atoms with E-state index in [1.807, 2.05) is 47.6 Å². The van der Waals surface area contributed by atoms with Crippen LogP contribution in [0.4, 0.5) is 4.79 Å². The van der Waals surface area contributed by atoms with Crippen molar-refractivity contribution in [2.24, 2.45) is 5.92 Å². The Morgan fingerprint density at radius 3 is 2.62 bits per heavy atom. The van der Waals surface area contributed by atoms with Crippen LogP contribution >= 0.6 is 11.8 Å². The van der Waals surface area contributed by atoms with Crippen LogP contribution in [0.1, 0.15) is 36.6 Å². The Kier molecular flexibility index (Phi) is 7.47. The summed E-state index contributed by atoms with van der Waals surface area (Å²) >= 11 is 1.77. The van der Waals surface area contributed by atoms with Crippen molar-refractivity contribution in [2.45, 2.75) is 49.9 Å². The fourth-order valence-electron chi connectivity index (χ4n) is 4.04. The van der Waals surface area contributed by atoms with E-state index in [0.717, 1.165) is 49.6 Å². The number of amides is 1. The Labute approximate surface area is 193 Å². The van der Waals surface area contributed by atoms with Crippen molar-refractivity contribution in [3.8, 4) is 5.75 Å². The van der Waals surface area contributed by atoms with E-state index in [2.05, 4.69) is 34.9 Å². The number of nitrogens with zero attached hydrogens (tertiary/aromatic N) is 3. The standard InChI is InChI=1S/C25H30N4O2S/c1-18-9-12-26-22(17-18)6-3-20-4-7-23(8-5-20)31-25(30)29-15-10-21(11-16-29)19(2)32-24-27-13-14-28-24/h4-5,7-9,12-14,17,19,21H,3,6,10-11,15-16H2,1-2H3,(H,27,28). The van der Waals surface area contributed by atoms with Crippen LogP contribution < -0.4 is 4.74 Å². The van der Waals surface area contributed by atoms with Crippen molar-refractivity contribution < 1.29 is 9.53 Å². The maximum absolute atomic E-state index is 12.6. The fourth-order valence-corrected chi connectivity index (χ4v) is 5.11. The number of piperidine rings is 1. The molecule has 1 saturated heterocycles. The van der Waals surface area contributed by atoms with Crippen LogP contribution in [0.5, 0.6) is 5.75 Å². The number of carbonyl (C=O) groups is 1. The third-order valence-electron chi connectivity index (χ3n) is 6.00. The van der Waals surface area contributed by atoms with E-state index < -0.39 is 0 Å². The molecule has 1 aromatic carbocycles. The number of benzene rings is 1. The van der Waals surface area contributed by atoms with E-state index >= 15 is 0 Å². The Bertz CT molecular complexity index is 999. The van der Waals surface area contributed by atoms with Gasteiger partial charge in [-0.05, 0) is 73.9 Å². The van der Waals surface area contributed by atoms with Gasteiger partial charge in [0, 0.05) is 42.6 Å². The summed E-state index contributed by atoms with van der Waals surface area (Å²) in [7, 11) is 0. The Balaban J connectivity index is 1.22. The van der Waals surface area contributed by atoms with Gasteiger partial charge < -0.3 is 14.6 Å². The summed E-state index contributed by atoms with van der Waals surface area (Å²) in [5.41, 5.74) is 3.53. The first-order chi connectivity index (χ1) is 15.6. The van der Waals surface area contributed by atoms with Gasteiger partial charge in [0.1, 0.15) is 5.75 Å². The van der Waals surface area contributed by atoms with Crippen molar-refractivity contribution >= 4 is 17.9 Å². The molecule has 0 radical (unpaired) electrons. The van der Waals surface area contributed by atoms with Gasteiger partial charge in [-0.25, -0.2) is 9.78 Å². The van der Waals surface area contributed by atoms with Crippen LogP contribution in [-0.4, -0.2) is 44.3 Å². The molecular weight excluding hydrogens is 420 g/mol. The second-order valence-electron chi connectivity index (χ2n) is 8.38. The van der Waals surface area contributed by atoms with Gasteiger partial charge in [0.25, 0.3) is 0 Å². The SMILES string of the molecule is Cc1ccnc(CCc2ccc(OC(=O)N3CCC(C(C)Sc4ncc[nH]4)CC3)cc2)c1. The predicted molar refractivity (Wildman–Crippen MR) is 127 cm³/mol. The molecule has 0 spiro atoms. The highest BCUT2D eigenvalue weighted by molar-refractivity contribution is 7.99. The van der Waals surface area contributed by atoms with E-state index in [0.29, 0.717) is 16.9 Å². The maximum atomic E-state index is 12.6. The summed E-state index contributed by atoms with van der Waals surface area (Å²) in [5, 5.41) is 1.42. The third-order valence-corrected chi connectivity index (χ3v) is 7.21. The fraction of sp³-hybridized carbons (Fsp3) is 0.400. The monoisotopic (exact) mass is 450 g/mol. The number of rotatable bonds is 7. The second-order valence-corrected chi connectivity index (χ2v) is 9.74. The molecule has 1 unspecified atom stereocenters. The molecule has 1 aliphatic heterocycles. The van der Waals surface area contributed by atoms with Crippen molar-refractivity contribution in [3.63, 3.8) is 0 Å². The summed E-state index contributed by atoms with van der Waals surface area (Å²) < 4.78 is 5.62. The topological polar surface area (TPSA) is 71.1 Å². The molecule has 6 nitrogen and oxygen atoms in total.